The first-order chi connectivity index (χ1) is 7.49. The maximum atomic E-state index is 9.84. The van der Waals surface area contributed by atoms with Crippen LogP contribution in [0.3, 0.4) is 0 Å². The van der Waals surface area contributed by atoms with E-state index < -0.39 is 12.2 Å². The van der Waals surface area contributed by atoms with Crippen molar-refractivity contribution >= 4 is 28.9 Å². The highest BCUT2D eigenvalue weighted by molar-refractivity contribution is 6.44. The number of halogens is 2. The van der Waals surface area contributed by atoms with Gasteiger partial charge in [0.05, 0.1) is 21.8 Å². The quantitative estimate of drug-likeness (QED) is 0.617. The molecule has 4 nitrogen and oxygen atoms in total. The van der Waals surface area contributed by atoms with Crippen molar-refractivity contribution in [3.05, 3.63) is 27.7 Å². The average Bonchev–Trinajstić information content (AvgIpc) is 2.26. The van der Waals surface area contributed by atoms with Crippen molar-refractivity contribution in [3.63, 3.8) is 0 Å². The third-order valence-corrected chi connectivity index (χ3v) is 3.15. The number of likely N-dealkylation sites (N-methyl/N-ethyl adjacent to an activating group) is 1. The molecular formula is C10H14Cl2N2O2. The maximum absolute atomic E-state index is 9.84. The van der Waals surface area contributed by atoms with Gasteiger partial charge in [-0.25, -0.2) is 0 Å². The maximum Gasteiger partial charge on any atom is 0.108 e. The Kier molecular flexibility index (Phi) is 4.83. The summed E-state index contributed by atoms with van der Waals surface area (Å²) in [5.74, 6) is 0. The molecule has 2 unspecified atom stereocenters. The highest BCUT2D eigenvalue weighted by atomic mass is 35.5. The van der Waals surface area contributed by atoms with E-state index in [2.05, 4.69) is 5.32 Å². The van der Waals surface area contributed by atoms with Crippen molar-refractivity contribution in [1.29, 1.82) is 0 Å². The van der Waals surface area contributed by atoms with Gasteiger partial charge in [0.1, 0.15) is 6.10 Å². The monoisotopic (exact) mass is 264 g/mol. The molecular weight excluding hydrogens is 251 g/mol. The minimum Gasteiger partial charge on any atom is -0.397 e. The van der Waals surface area contributed by atoms with Crippen LogP contribution in [0.2, 0.25) is 10.0 Å². The zero-order chi connectivity index (χ0) is 12.3. The summed E-state index contributed by atoms with van der Waals surface area (Å²) in [6.07, 6.45) is -2.06. The van der Waals surface area contributed by atoms with E-state index in [0.29, 0.717) is 11.3 Å². The molecule has 90 valence electrons. The topological polar surface area (TPSA) is 78.5 Å². The zero-order valence-corrected chi connectivity index (χ0v) is 10.3. The Morgan fingerprint density at radius 2 is 1.94 bits per heavy atom. The van der Waals surface area contributed by atoms with E-state index >= 15 is 0 Å². The first kappa shape index (κ1) is 13.5. The van der Waals surface area contributed by atoms with Gasteiger partial charge in [0, 0.05) is 12.1 Å². The normalized spacial score (nSPS) is 14.8. The zero-order valence-electron chi connectivity index (χ0n) is 8.74. The van der Waals surface area contributed by atoms with Gasteiger partial charge in [-0.1, -0.05) is 29.3 Å². The van der Waals surface area contributed by atoms with Crippen LogP contribution < -0.4 is 11.1 Å². The molecule has 0 aliphatic carbocycles. The molecule has 16 heavy (non-hydrogen) atoms. The van der Waals surface area contributed by atoms with Crippen LogP contribution in [0, 0.1) is 0 Å². The Morgan fingerprint density at radius 3 is 2.50 bits per heavy atom. The lowest BCUT2D eigenvalue weighted by atomic mass is 10.0. The predicted molar refractivity (Wildman–Crippen MR) is 65.8 cm³/mol. The highest BCUT2D eigenvalue weighted by Gasteiger charge is 2.21. The second-order valence-electron chi connectivity index (χ2n) is 3.44. The lowest BCUT2D eigenvalue weighted by Gasteiger charge is -2.19. The molecule has 1 aromatic carbocycles. The largest absolute Gasteiger partial charge is 0.397 e. The number of nitrogens with two attached hydrogens (primary N) is 1. The van der Waals surface area contributed by atoms with Crippen molar-refractivity contribution in [3.8, 4) is 0 Å². The molecule has 6 heteroatoms. The molecule has 0 amide bonds. The molecule has 0 saturated heterocycles. The number of nitrogen functional groups attached to an aromatic ring is 1. The van der Waals surface area contributed by atoms with Crippen molar-refractivity contribution in [1.82, 2.24) is 5.32 Å². The van der Waals surface area contributed by atoms with E-state index in [9.17, 15) is 10.2 Å². The molecule has 0 aromatic heterocycles. The summed E-state index contributed by atoms with van der Waals surface area (Å²) in [6.45, 7) is 0.249. The molecule has 0 spiro atoms. The van der Waals surface area contributed by atoms with E-state index in [1.165, 1.54) is 0 Å². The molecule has 0 aliphatic heterocycles. The summed E-state index contributed by atoms with van der Waals surface area (Å²) in [7, 11) is 1.67. The molecule has 5 N–H and O–H groups in total. The Labute approximate surface area is 104 Å². The molecule has 1 aromatic rings. The Bertz CT molecular complexity index is 374. The van der Waals surface area contributed by atoms with Gasteiger partial charge in [0.25, 0.3) is 0 Å². The molecule has 0 radical (unpaired) electrons. The molecule has 2 atom stereocenters. The minimum atomic E-state index is -1.10. The molecule has 0 bridgehead atoms. The van der Waals surface area contributed by atoms with Gasteiger partial charge in [-0.15, -0.1) is 0 Å². The van der Waals surface area contributed by atoms with Crippen LogP contribution in [0.1, 0.15) is 11.7 Å². The first-order valence-corrected chi connectivity index (χ1v) is 5.48. The fourth-order valence-corrected chi connectivity index (χ4v) is 1.79. The third-order valence-electron chi connectivity index (χ3n) is 2.24. The van der Waals surface area contributed by atoms with Gasteiger partial charge in [-0.2, -0.15) is 0 Å². The average molecular weight is 265 g/mol. The van der Waals surface area contributed by atoms with Crippen LogP contribution in [0.25, 0.3) is 0 Å². The molecule has 1 rings (SSSR count). The van der Waals surface area contributed by atoms with Crippen LogP contribution in [0.5, 0.6) is 0 Å². The highest BCUT2D eigenvalue weighted by Crippen LogP contribution is 2.35. The van der Waals surface area contributed by atoms with E-state index in [4.69, 9.17) is 28.9 Å². The second-order valence-corrected chi connectivity index (χ2v) is 4.20. The Morgan fingerprint density at radius 1 is 1.31 bits per heavy atom. The van der Waals surface area contributed by atoms with Crippen LogP contribution in [0.15, 0.2) is 12.1 Å². The summed E-state index contributed by atoms with van der Waals surface area (Å²) >= 11 is 11.8. The number of nitrogens with one attached hydrogen (secondary N) is 1. The summed E-state index contributed by atoms with van der Waals surface area (Å²) < 4.78 is 0. The van der Waals surface area contributed by atoms with Crippen molar-refractivity contribution in [2.45, 2.75) is 12.2 Å². The van der Waals surface area contributed by atoms with Gasteiger partial charge < -0.3 is 21.3 Å². The number of rotatable bonds is 4. The summed E-state index contributed by atoms with van der Waals surface area (Å²) in [5, 5.41) is 22.6. The third kappa shape index (κ3) is 2.78. The SMILES string of the molecule is CNCC(O)C(O)c1ccc(N)c(Cl)c1Cl. The predicted octanol–water partition coefficient (Wildman–Crippen LogP) is 1.19. The van der Waals surface area contributed by atoms with Gasteiger partial charge in [-0.3, -0.25) is 0 Å². The van der Waals surface area contributed by atoms with Crippen LogP contribution in [-0.4, -0.2) is 29.9 Å². The molecule has 0 fully saturated rings. The van der Waals surface area contributed by atoms with Crippen molar-refractivity contribution < 1.29 is 10.2 Å². The first-order valence-electron chi connectivity index (χ1n) is 4.73. The van der Waals surface area contributed by atoms with Gasteiger partial charge in [0.15, 0.2) is 0 Å². The van der Waals surface area contributed by atoms with Crippen LogP contribution in [-0.2, 0) is 0 Å². The van der Waals surface area contributed by atoms with Crippen molar-refractivity contribution in [2.75, 3.05) is 19.3 Å². The Hall–Kier alpha value is -0.520. The number of aliphatic hydroxyl groups is 2. The lowest BCUT2D eigenvalue weighted by Crippen LogP contribution is -2.29. The number of anilines is 1. The standard InChI is InChI=1S/C10H14Cl2N2O2/c1-14-4-7(15)10(16)5-2-3-6(13)9(12)8(5)11/h2-3,7,10,14-16H,4,13H2,1H3. The molecule has 0 heterocycles. The number of hydrogen-bond acceptors (Lipinski definition) is 4. The fourth-order valence-electron chi connectivity index (χ4n) is 1.34. The van der Waals surface area contributed by atoms with Crippen LogP contribution in [0.4, 0.5) is 5.69 Å². The van der Waals surface area contributed by atoms with Crippen molar-refractivity contribution in [2.24, 2.45) is 0 Å². The summed E-state index contributed by atoms with van der Waals surface area (Å²) in [6, 6.07) is 3.09. The van der Waals surface area contributed by atoms with Gasteiger partial charge in [0.2, 0.25) is 0 Å². The number of benzene rings is 1. The van der Waals surface area contributed by atoms with E-state index in [-0.39, 0.29) is 16.6 Å². The smallest absolute Gasteiger partial charge is 0.108 e. The van der Waals surface area contributed by atoms with Gasteiger partial charge >= 0.3 is 0 Å². The molecule has 0 aliphatic rings. The molecule has 0 saturated carbocycles. The second kappa shape index (κ2) is 5.70. The number of aliphatic hydroxyl groups excluding tert-OH is 2. The fraction of sp³-hybridized carbons (Fsp3) is 0.400. The number of hydrogen-bond donors (Lipinski definition) is 4. The minimum absolute atomic E-state index is 0.171. The van der Waals surface area contributed by atoms with E-state index in [1.54, 1.807) is 19.2 Å². The van der Waals surface area contributed by atoms with E-state index in [1.807, 2.05) is 0 Å². The van der Waals surface area contributed by atoms with Gasteiger partial charge in [-0.05, 0) is 13.1 Å². The lowest BCUT2D eigenvalue weighted by molar-refractivity contribution is 0.0203. The van der Waals surface area contributed by atoms with Crippen LogP contribution >= 0.6 is 23.2 Å². The summed E-state index contributed by atoms with van der Waals surface area (Å²) in [5.41, 5.74) is 6.25. The summed E-state index contributed by atoms with van der Waals surface area (Å²) in [4.78, 5) is 0. The Balaban J connectivity index is 3.00. The van der Waals surface area contributed by atoms with E-state index in [0.717, 1.165) is 0 Å².